The number of hydrogen-bond acceptors (Lipinski definition) is 2. The van der Waals surface area contributed by atoms with E-state index in [9.17, 15) is 0 Å². The molecular formula is C10H13BrN2. The molecule has 2 nitrogen and oxygen atoms in total. The van der Waals surface area contributed by atoms with E-state index in [2.05, 4.69) is 27.5 Å². The Morgan fingerprint density at radius 3 is 3.00 bits per heavy atom. The molecule has 0 amide bonds. The Hall–Kier alpha value is -0.670. The Balaban J connectivity index is 3.04. The minimum Gasteiger partial charge on any atom is -0.324 e. The monoisotopic (exact) mass is 240 g/mol. The van der Waals surface area contributed by atoms with Crippen LogP contribution in [0.5, 0.6) is 0 Å². The van der Waals surface area contributed by atoms with Crippen molar-refractivity contribution in [2.75, 3.05) is 0 Å². The molecule has 1 atom stereocenters. The fraction of sp³-hybridized carbons (Fsp3) is 0.300. The van der Waals surface area contributed by atoms with Gasteiger partial charge in [-0.05, 0) is 40.9 Å². The van der Waals surface area contributed by atoms with Crippen LogP contribution >= 0.6 is 15.9 Å². The molecule has 70 valence electrons. The van der Waals surface area contributed by atoms with Gasteiger partial charge < -0.3 is 5.73 Å². The fourth-order valence-electron chi connectivity index (χ4n) is 1.28. The Kier molecular flexibility index (Phi) is 3.63. The second-order valence-corrected chi connectivity index (χ2v) is 3.71. The first-order chi connectivity index (χ1) is 6.16. The third kappa shape index (κ3) is 2.39. The van der Waals surface area contributed by atoms with Gasteiger partial charge in [0.2, 0.25) is 0 Å². The van der Waals surface area contributed by atoms with Gasteiger partial charge in [0.1, 0.15) is 4.60 Å². The van der Waals surface area contributed by atoms with Gasteiger partial charge in [-0.2, -0.15) is 0 Å². The molecule has 0 saturated heterocycles. The van der Waals surface area contributed by atoms with Crippen LogP contribution in [-0.2, 0) is 0 Å². The van der Waals surface area contributed by atoms with E-state index in [0.717, 1.165) is 22.2 Å². The number of nitrogens with two attached hydrogens (primary N) is 1. The topological polar surface area (TPSA) is 38.9 Å². The predicted octanol–water partition coefficient (Wildman–Crippen LogP) is 2.73. The lowest BCUT2D eigenvalue weighted by molar-refractivity contribution is 0.726. The van der Waals surface area contributed by atoms with E-state index in [1.54, 1.807) is 6.20 Å². The van der Waals surface area contributed by atoms with Gasteiger partial charge in [0.15, 0.2) is 0 Å². The summed E-state index contributed by atoms with van der Waals surface area (Å²) in [4.78, 5) is 4.15. The lowest BCUT2D eigenvalue weighted by atomic mass is 10.0. The van der Waals surface area contributed by atoms with E-state index in [1.807, 2.05) is 19.1 Å². The number of pyridine rings is 1. The van der Waals surface area contributed by atoms with Crippen molar-refractivity contribution in [2.45, 2.75) is 19.4 Å². The molecule has 2 N–H and O–H groups in total. The average molecular weight is 241 g/mol. The van der Waals surface area contributed by atoms with Crippen LogP contribution in [0.15, 0.2) is 29.5 Å². The van der Waals surface area contributed by atoms with E-state index in [0.29, 0.717) is 0 Å². The number of aromatic nitrogens is 1. The molecule has 0 radical (unpaired) electrons. The van der Waals surface area contributed by atoms with Crippen LogP contribution in [0.4, 0.5) is 0 Å². The van der Waals surface area contributed by atoms with Crippen molar-refractivity contribution in [3.8, 4) is 0 Å². The van der Waals surface area contributed by atoms with Gasteiger partial charge >= 0.3 is 0 Å². The zero-order valence-corrected chi connectivity index (χ0v) is 9.21. The van der Waals surface area contributed by atoms with Crippen LogP contribution in [0, 0.1) is 6.92 Å². The molecule has 0 aliphatic carbocycles. The summed E-state index contributed by atoms with van der Waals surface area (Å²) in [5.41, 5.74) is 8.20. The third-order valence-electron chi connectivity index (χ3n) is 1.95. The highest BCUT2D eigenvalue weighted by molar-refractivity contribution is 9.10. The summed E-state index contributed by atoms with van der Waals surface area (Å²) >= 11 is 3.39. The van der Waals surface area contributed by atoms with Crippen LogP contribution in [0.2, 0.25) is 0 Å². The van der Waals surface area contributed by atoms with Crippen molar-refractivity contribution in [1.29, 1.82) is 0 Å². The van der Waals surface area contributed by atoms with Gasteiger partial charge in [-0.3, -0.25) is 0 Å². The van der Waals surface area contributed by atoms with Crippen molar-refractivity contribution in [2.24, 2.45) is 5.73 Å². The first-order valence-corrected chi connectivity index (χ1v) is 4.93. The molecular weight excluding hydrogens is 228 g/mol. The molecule has 0 aliphatic heterocycles. The standard InChI is InChI=1S/C10H13BrN2/c1-3-4-8(12)9-7(2)5-6-13-10(9)11/h3,5-6,8H,1,4,12H2,2H3/t8-/m0/s1. The predicted molar refractivity (Wildman–Crippen MR) is 58.4 cm³/mol. The Morgan fingerprint density at radius 2 is 2.46 bits per heavy atom. The van der Waals surface area contributed by atoms with Gasteiger partial charge in [-0.25, -0.2) is 4.98 Å². The number of aryl methyl sites for hydroxylation is 1. The largest absolute Gasteiger partial charge is 0.324 e. The van der Waals surface area contributed by atoms with Gasteiger partial charge in [0, 0.05) is 17.8 Å². The zero-order chi connectivity index (χ0) is 9.84. The second kappa shape index (κ2) is 4.53. The molecule has 0 saturated carbocycles. The summed E-state index contributed by atoms with van der Waals surface area (Å²) in [5.74, 6) is 0. The lowest BCUT2D eigenvalue weighted by Gasteiger charge is -2.13. The van der Waals surface area contributed by atoms with Gasteiger partial charge in [0.25, 0.3) is 0 Å². The molecule has 1 aromatic heterocycles. The van der Waals surface area contributed by atoms with Crippen LogP contribution in [0.3, 0.4) is 0 Å². The highest BCUT2D eigenvalue weighted by atomic mass is 79.9. The van der Waals surface area contributed by atoms with E-state index >= 15 is 0 Å². The molecule has 0 bridgehead atoms. The highest BCUT2D eigenvalue weighted by Crippen LogP contribution is 2.25. The van der Waals surface area contributed by atoms with Crippen LogP contribution in [-0.4, -0.2) is 4.98 Å². The minimum atomic E-state index is -0.0134. The molecule has 3 heteroatoms. The lowest BCUT2D eigenvalue weighted by Crippen LogP contribution is -2.12. The van der Waals surface area contributed by atoms with Gasteiger partial charge in [-0.15, -0.1) is 6.58 Å². The summed E-state index contributed by atoms with van der Waals surface area (Å²) in [6.07, 6.45) is 4.36. The van der Waals surface area contributed by atoms with Crippen molar-refractivity contribution in [3.05, 3.63) is 40.6 Å². The van der Waals surface area contributed by atoms with Crippen LogP contribution in [0.1, 0.15) is 23.6 Å². The SMILES string of the molecule is C=CC[C@H](N)c1c(C)ccnc1Br. The number of nitrogens with zero attached hydrogens (tertiary/aromatic N) is 1. The normalized spacial score (nSPS) is 12.5. The maximum absolute atomic E-state index is 5.97. The van der Waals surface area contributed by atoms with E-state index in [4.69, 9.17) is 5.73 Å². The van der Waals surface area contributed by atoms with Crippen LogP contribution < -0.4 is 5.73 Å². The minimum absolute atomic E-state index is 0.0134. The first-order valence-electron chi connectivity index (χ1n) is 4.14. The number of halogens is 1. The molecule has 13 heavy (non-hydrogen) atoms. The molecule has 1 aromatic rings. The Morgan fingerprint density at radius 1 is 1.77 bits per heavy atom. The van der Waals surface area contributed by atoms with E-state index in [-0.39, 0.29) is 6.04 Å². The fourth-order valence-corrected chi connectivity index (χ4v) is 2.00. The zero-order valence-electron chi connectivity index (χ0n) is 7.63. The Bertz CT molecular complexity index is 290. The molecule has 0 aliphatic rings. The Labute approximate surface area is 87.0 Å². The second-order valence-electron chi connectivity index (χ2n) is 2.96. The van der Waals surface area contributed by atoms with Crippen LogP contribution in [0.25, 0.3) is 0 Å². The maximum Gasteiger partial charge on any atom is 0.111 e. The molecule has 1 heterocycles. The van der Waals surface area contributed by atoms with Crippen molar-refractivity contribution < 1.29 is 0 Å². The average Bonchev–Trinajstić information content (AvgIpc) is 2.04. The summed E-state index contributed by atoms with van der Waals surface area (Å²) in [5, 5.41) is 0. The smallest absolute Gasteiger partial charge is 0.111 e. The summed E-state index contributed by atoms with van der Waals surface area (Å²) in [6.45, 7) is 5.70. The molecule has 1 rings (SSSR count). The van der Waals surface area contributed by atoms with Gasteiger partial charge in [0.05, 0.1) is 0 Å². The summed E-state index contributed by atoms with van der Waals surface area (Å²) in [7, 11) is 0. The quantitative estimate of drug-likeness (QED) is 0.652. The third-order valence-corrected chi connectivity index (χ3v) is 2.58. The molecule has 0 spiro atoms. The van der Waals surface area contributed by atoms with Crippen molar-refractivity contribution >= 4 is 15.9 Å². The van der Waals surface area contributed by atoms with Crippen molar-refractivity contribution in [3.63, 3.8) is 0 Å². The summed E-state index contributed by atoms with van der Waals surface area (Å²) in [6, 6.07) is 1.95. The first kappa shape index (κ1) is 10.4. The highest BCUT2D eigenvalue weighted by Gasteiger charge is 2.11. The molecule has 0 unspecified atom stereocenters. The summed E-state index contributed by atoms with van der Waals surface area (Å²) < 4.78 is 0.835. The van der Waals surface area contributed by atoms with E-state index < -0.39 is 0 Å². The molecule has 0 fully saturated rings. The number of rotatable bonds is 3. The number of hydrogen-bond donors (Lipinski definition) is 1. The molecule has 0 aromatic carbocycles. The maximum atomic E-state index is 5.97. The van der Waals surface area contributed by atoms with Crippen molar-refractivity contribution in [1.82, 2.24) is 4.98 Å². The van der Waals surface area contributed by atoms with Gasteiger partial charge in [-0.1, -0.05) is 6.08 Å². The van der Waals surface area contributed by atoms with E-state index in [1.165, 1.54) is 0 Å².